The van der Waals surface area contributed by atoms with Gasteiger partial charge in [0, 0.05) is 18.3 Å². The van der Waals surface area contributed by atoms with E-state index in [1.807, 2.05) is 0 Å². The van der Waals surface area contributed by atoms with Gasteiger partial charge in [-0.15, -0.1) is 0 Å². The van der Waals surface area contributed by atoms with Crippen molar-refractivity contribution in [3.63, 3.8) is 0 Å². The van der Waals surface area contributed by atoms with Crippen molar-refractivity contribution in [3.8, 4) is 0 Å². The first-order chi connectivity index (χ1) is 8.15. The molecule has 0 bridgehead atoms. The zero-order valence-electron chi connectivity index (χ0n) is 10.6. The lowest BCUT2D eigenvalue weighted by molar-refractivity contribution is -0.142. The maximum Gasteiger partial charge on any atom is 0.305 e. The minimum Gasteiger partial charge on any atom is -0.469 e. The number of allylic oxidation sites excluding steroid dienone is 2. The number of Topliss-reactive ketones (excluding diaryl/α,β-unsaturated/α-hetero) is 1. The molecule has 3 atom stereocenters. The number of carbonyl (C=O) groups excluding carboxylic acids is 2. The Balaban J connectivity index is 2.06. The number of methoxy groups -OCH3 is 1. The Kier molecular flexibility index (Phi) is 3.36. The van der Waals surface area contributed by atoms with E-state index < -0.39 is 0 Å². The average Bonchev–Trinajstić information content (AvgIpc) is 2.98. The fourth-order valence-electron chi connectivity index (χ4n) is 3.23. The predicted molar refractivity (Wildman–Crippen MR) is 64.3 cm³/mol. The van der Waals surface area contributed by atoms with Crippen LogP contribution in [0.4, 0.5) is 0 Å². The molecule has 0 heterocycles. The van der Waals surface area contributed by atoms with Crippen LogP contribution in [0.15, 0.2) is 12.2 Å². The molecular formula is C14H20O3. The van der Waals surface area contributed by atoms with Gasteiger partial charge >= 0.3 is 5.97 Å². The zero-order chi connectivity index (χ0) is 12.5. The molecule has 3 nitrogen and oxygen atoms in total. The first kappa shape index (κ1) is 12.3. The summed E-state index contributed by atoms with van der Waals surface area (Å²) in [6.45, 7) is 2.09. The third-order valence-corrected chi connectivity index (χ3v) is 4.27. The van der Waals surface area contributed by atoms with E-state index in [-0.39, 0.29) is 17.3 Å². The Hall–Kier alpha value is -1.12. The van der Waals surface area contributed by atoms with Crippen molar-refractivity contribution >= 4 is 11.8 Å². The van der Waals surface area contributed by atoms with Gasteiger partial charge in [-0.2, -0.15) is 0 Å². The molecule has 3 heteroatoms. The molecule has 0 aliphatic heterocycles. The van der Waals surface area contributed by atoms with Crippen molar-refractivity contribution < 1.29 is 14.3 Å². The fraction of sp³-hybridized carbons (Fsp3) is 0.714. The molecule has 2 aliphatic rings. The molecule has 0 aromatic carbocycles. The topological polar surface area (TPSA) is 43.4 Å². The van der Waals surface area contributed by atoms with Gasteiger partial charge in [0.05, 0.1) is 7.11 Å². The summed E-state index contributed by atoms with van der Waals surface area (Å²) >= 11 is 0. The Morgan fingerprint density at radius 1 is 1.59 bits per heavy atom. The van der Waals surface area contributed by atoms with E-state index in [9.17, 15) is 9.59 Å². The molecule has 0 aromatic rings. The molecule has 0 aromatic heterocycles. The van der Waals surface area contributed by atoms with Gasteiger partial charge in [-0.3, -0.25) is 9.59 Å². The maximum atomic E-state index is 12.0. The monoisotopic (exact) mass is 236 g/mol. The van der Waals surface area contributed by atoms with Gasteiger partial charge in [0.15, 0.2) is 0 Å². The minimum absolute atomic E-state index is 0.186. The van der Waals surface area contributed by atoms with E-state index in [4.69, 9.17) is 4.74 Å². The maximum absolute atomic E-state index is 12.0. The van der Waals surface area contributed by atoms with Gasteiger partial charge in [-0.1, -0.05) is 19.1 Å². The van der Waals surface area contributed by atoms with Crippen LogP contribution in [0.2, 0.25) is 0 Å². The number of carbonyl (C=O) groups is 2. The number of ether oxygens (including phenoxy) is 1. The smallest absolute Gasteiger partial charge is 0.305 e. The van der Waals surface area contributed by atoms with Crippen LogP contribution in [0.25, 0.3) is 0 Å². The molecule has 94 valence electrons. The lowest BCUT2D eigenvalue weighted by Gasteiger charge is -2.16. The van der Waals surface area contributed by atoms with Crippen LogP contribution < -0.4 is 0 Å². The van der Waals surface area contributed by atoms with Crippen molar-refractivity contribution in [2.24, 2.45) is 17.3 Å². The third-order valence-electron chi connectivity index (χ3n) is 4.27. The molecule has 2 fully saturated rings. The van der Waals surface area contributed by atoms with Gasteiger partial charge in [-0.05, 0) is 31.1 Å². The van der Waals surface area contributed by atoms with Crippen LogP contribution in [0.1, 0.15) is 39.0 Å². The van der Waals surface area contributed by atoms with Crippen molar-refractivity contribution in [1.82, 2.24) is 0 Å². The molecule has 2 rings (SSSR count). The number of hydrogen-bond donors (Lipinski definition) is 0. The van der Waals surface area contributed by atoms with Crippen molar-refractivity contribution in [1.29, 1.82) is 0 Å². The lowest BCUT2D eigenvalue weighted by atomic mass is 9.87. The average molecular weight is 236 g/mol. The Labute approximate surface area is 102 Å². The molecular weight excluding hydrogens is 216 g/mol. The van der Waals surface area contributed by atoms with Gasteiger partial charge < -0.3 is 4.74 Å². The molecule has 17 heavy (non-hydrogen) atoms. The highest BCUT2D eigenvalue weighted by Crippen LogP contribution is 2.65. The van der Waals surface area contributed by atoms with Crippen molar-refractivity contribution in [2.45, 2.75) is 39.0 Å². The summed E-state index contributed by atoms with van der Waals surface area (Å²) in [6, 6.07) is 0. The summed E-state index contributed by atoms with van der Waals surface area (Å²) in [5.41, 5.74) is -0.208. The van der Waals surface area contributed by atoms with Crippen molar-refractivity contribution in [3.05, 3.63) is 12.2 Å². The second-order valence-electron chi connectivity index (χ2n) is 5.13. The quantitative estimate of drug-likeness (QED) is 0.556. The zero-order valence-corrected chi connectivity index (χ0v) is 10.6. The molecule has 1 spiro atoms. The highest BCUT2D eigenvalue weighted by atomic mass is 16.5. The first-order valence-corrected chi connectivity index (χ1v) is 6.42. The van der Waals surface area contributed by atoms with Gasteiger partial charge in [-0.25, -0.2) is 0 Å². The van der Waals surface area contributed by atoms with E-state index in [2.05, 4.69) is 19.1 Å². The van der Waals surface area contributed by atoms with Crippen molar-refractivity contribution in [2.75, 3.05) is 7.11 Å². The number of hydrogen-bond acceptors (Lipinski definition) is 3. The highest BCUT2D eigenvalue weighted by molar-refractivity contribution is 5.91. The summed E-state index contributed by atoms with van der Waals surface area (Å²) in [5.74, 6) is 0.743. The normalized spacial score (nSPS) is 35.8. The Morgan fingerprint density at radius 2 is 2.35 bits per heavy atom. The van der Waals surface area contributed by atoms with Gasteiger partial charge in [0.25, 0.3) is 0 Å². The standard InChI is InChI=1S/C14H20O3/c1-3-4-5-11-9-14(11)10(6-7-12(14)15)8-13(16)17-2/h4-5,10-11H,3,6-9H2,1-2H3. The minimum atomic E-state index is -0.208. The van der Waals surface area contributed by atoms with E-state index in [0.29, 0.717) is 24.5 Å². The summed E-state index contributed by atoms with van der Waals surface area (Å²) in [5, 5.41) is 0. The second-order valence-corrected chi connectivity index (χ2v) is 5.13. The van der Waals surface area contributed by atoms with E-state index in [1.54, 1.807) is 0 Å². The van der Waals surface area contributed by atoms with Crippen LogP contribution in [0, 0.1) is 17.3 Å². The SMILES string of the molecule is CCC=CC1CC12C(=O)CCC2CC(=O)OC. The molecule has 0 radical (unpaired) electrons. The van der Waals surface area contributed by atoms with E-state index >= 15 is 0 Å². The van der Waals surface area contributed by atoms with Gasteiger partial charge in [0.1, 0.15) is 5.78 Å². The summed E-state index contributed by atoms with van der Waals surface area (Å²) < 4.78 is 4.72. The molecule has 0 N–H and O–H groups in total. The molecule has 3 unspecified atom stereocenters. The largest absolute Gasteiger partial charge is 0.469 e. The molecule has 2 saturated carbocycles. The number of esters is 1. The number of rotatable bonds is 4. The molecule has 2 aliphatic carbocycles. The molecule has 0 amide bonds. The second kappa shape index (κ2) is 4.63. The highest BCUT2D eigenvalue weighted by Gasteiger charge is 2.65. The summed E-state index contributed by atoms with van der Waals surface area (Å²) in [7, 11) is 1.41. The van der Waals surface area contributed by atoms with Crippen LogP contribution in [-0.4, -0.2) is 18.9 Å². The van der Waals surface area contributed by atoms with Crippen LogP contribution in [-0.2, 0) is 14.3 Å². The molecule has 0 saturated heterocycles. The number of ketones is 1. The van der Waals surface area contributed by atoms with Gasteiger partial charge in [0.2, 0.25) is 0 Å². The van der Waals surface area contributed by atoms with E-state index in [1.165, 1.54) is 7.11 Å². The fourth-order valence-corrected chi connectivity index (χ4v) is 3.23. The van der Waals surface area contributed by atoms with Crippen LogP contribution >= 0.6 is 0 Å². The first-order valence-electron chi connectivity index (χ1n) is 6.42. The summed E-state index contributed by atoms with van der Waals surface area (Å²) in [4.78, 5) is 23.4. The Bertz CT molecular complexity index is 358. The Morgan fingerprint density at radius 3 is 3.00 bits per heavy atom. The van der Waals surface area contributed by atoms with E-state index in [0.717, 1.165) is 19.3 Å². The predicted octanol–water partition coefficient (Wildman–Crippen LogP) is 2.50. The summed E-state index contributed by atoms with van der Waals surface area (Å²) in [6.07, 6.45) is 8.11. The van der Waals surface area contributed by atoms with Crippen LogP contribution in [0.5, 0.6) is 0 Å². The lowest BCUT2D eigenvalue weighted by Crippen LogP contribution is -2.21. The third kappa shape index (κ3) is 2.03. The van der Waals surface area contributed by atoms with Crippen LogP contribution in [0.3, 0.4) is 0 Å².